The Labute approximate surface area is 123 Å². The molecule has 6 heteroatoms. The largest absolute Gasteiger partial charge is 0.348 e. The Hall–Kier alpha value is -0.590. The van der Waals surface area contributed by atoms with Crippen molar-refractivity contribution in [3.63, 3.8) is 0 Å². The van der Waals surface area contributed by atoms with Gasteiger partial charge in [0, 0.05) is 10.8 Å². The van der Waals surface area contributed by atoms with Crippen molar-refractivity contribution in [3.8, 4) is 0 Å². The van der Waals surface area contributed by atoms with Crippen LogP contribution in [0.15, 0.2) is 5.38 Å². The number of hydrogen-bond donors (Lipinski definition) is 2. The van der Waals surface area contributed by atoms with Crippen LogP contribution in [0.25, 0.3) is 0 Å². The number of amides is 1. The molecule has 1 atom stereocenters. The number of nitrogens with two attached hydrogens (primary N) is 1. The number of nitrogens with one attached hydrogen (secondary N) is 1. The maximum absolute atomic E-state index is 11.8. The van der Waals surface area contributed by atoms with Gasteiger partial charge >= 0.3 is 0 Å². The van der Waals surface area contributed by atoms with E-state index >= 15 is 0 Å². The smallest absolute Gasteiger partial charge is 0.237 e. The van der Waals surface area contributed by atoms with Crippen molar-refractivity contribution in [1.29, 1.82) is 0 Å². The SMILES string of the molecule is CSCC[C@H](N)C(=O)NCc1nc(C(C)(C)C)cs1. The first-order chi connectivity index (χ1) is 8.84. The van der Waals surface area contributed by atoms with Crippen LogP contribution < -0.4 is 11.1 Å². The summed E-state index contributed by atoms with van der Waals surface area (Å²) in [5.74, 6) is 0.807. The van der Waals surface area contributed by atoms with Crippen molar-refractivity contribution in [2.45, 2.75) is 45.2 Å². The average Bonchev–Trinajstić information content (AvgIpc) is 2.81. The van der Waals surface area contributed by atoms with Crippen molar-refractivity contribution in [2.75, 3.05) is 12.0 Å². The van der Waals surface area contributed by atoms with E-state index in [0.717, 1.165) is 16.5 Å². The maximum atomic E-state index is 11.8. The van der Waals surface area contributed by atoms with Gasteiger partial charge in [-0.15, -0.1) is 11.3 Å². The van der Waals surface area contributed by atoms with Crippen LogP contribution in [0.4, 0.5) is 0 Å². The topological polar surface area (TPSA) is 68.0 Å². The summed E-state index contributed by atoms with van der Waals surface area (Å²) in [5.41, 5.74) is 6.91. The minimum Gasteiger partial charge on any atom is -0.348 e. The van der Waals surface area contributed by atoms with E-state index in [1.807, 2.05) is 6.26 Å². The predicted octanol–water partition coefficient (Wildman–Crippen LogP) is 2.14. The summed E-state index contributed by atoms with van der Waals surface area (Å²) in [5, 5.41) is 5.82. The molecular weight excluding hydrogens is 278 g/mol. The zero-order chi connectivity index (χ0) is 14.5. The zero-order valence-corrected chi connectivity index (χ0v) is 13.7. The molecule has 1 aromatic heterocycles. The lowest BCUT2D eigenvalue weighted by atomic mass is 9.93. The third-order valence-corrected chi connectivity index (χ3v) is 4.20. The van der Waals surface area contributed by atoms with Gasteiger partial charge in [-0.25, -0.2) is 4.98 Å². The Bertz CT molecular complexity index is 412. The van der Waals surface area contributed by atoms with Crippen molar-refractivity contribution in [3.05, 3.63) is 16.1 Å². The fraction of sp³-hybridized carbons (Fsp3) is 0.692. The molecule has 108 valence electrons. The fourth-order valence-corrected chi connectivity index (χ4v) is 2.86. The van der Waals surface area contributed by atoms with Gasteiger partial charge in [0.15, 0.2) is 0 Å². The minimum atomic E-state index is -0.422. The molecule has 0 radical (unpaired) electrons. The lowest BCUT2D eigenvalue weighted by Crippen LogP contribution is -2.40. The molecule has 0 saturated carbocycles. The van der Waals surface area contributed by atoms with E-state index in [2.05, 4.69) is 36.5 Å². The third kappa shape index (κ3) is 5.50. The predicted molar refractivity (Wildman–Crippen MR) is 83.6 cm³/mol. The number of rotatable bonds is 6. The molecule has 1 amide bonds. The lowest BCUT2D eigenvalue weighted by molar-refractivity contribution is -0.122. The molecule has 4 nitrogen and oxygen atoms in total. The first kappa shape index (κ1) is 16.5. The van der Waals surface area contributed by atoms with Crippen LogP contribution >= 0.6 is 23.1 Å². The molecule has 3 N–H and O–H groups in total. The summed E-state index contributed by atoms with van der Waals surface area (Å²) >= 11 is 3.27. The van der Waals surface area contributed by atoms with Gasteiger partial charge in [-0.2, -0.15) is 11.8 Å². The molecule has 0 bridgehead atoms. The second kappa shape index (κ2) is 7.26. The van der Waals surface area contributed by atoms with Crippen LogP contribution in [0.2, 0.25) is 0 Å². The highest BCUT2D eigenvalue weighted by molar-refractivity contribution is 7.98. The number of carbonyl (C=O) groups excluding carboxylic acids is 1. The molecule has 0 fully saturated rings. The summed E-state index contributed by atoms with van der Waals surface area (Å²) in [6, 6.07) is -0.422. The quantitative estimate of drug-likeness (QED) is 0.844. The molecular formula is C13H23N3OS2. The van der Waals surface area contributed by atoms with Gasteiger partial charge in [0.25, 0.3) is 0 Å². The number of thioether (sulfide) groups is 1. The Morgan fingerprint density at radius 2 is 2.26 bits per heavy atom. The van der Waals surface area contributed by atoms with Gasteiger partial charge in [0.1, 0.15) is 5.01 Å². The molecule has 19 heavy (non-hydrogen) atoms. The molecule has 0 saturated heterocycles. The average molecular weight is 301 g/mol. The van der Waals surface area contributed by atoms with E-state index in [1.165, 1.54) is 0 Å². The molecule has 0 aromatic carbocycles. The lowest BCUT2D eigenvalue weighted by Gasteiger charge is -2.14. The molecule has 1 heterocycles. The van der Waals surface area contributed by atoms with Crippen LogP contribution in [0.1, 0.15) is 37.9 Å². The summed E-state index contributed by atoms with van der Waals surface area (Å²) in [6.45, 7) is 6.85. The van der Waals surface area contributed by atoms with Crippen molar-refractivity contribution < 1.29 is 4.79 Å². The molecule has 0 aliphatic rings. The van der Waals surface area contributed by atoms with Crippen molar-refractivity contribution in [2.24, 2.45) is 5.73 Å². The van der Waals surface area contributed by atoms with Crippen LogP contribution in [0.5, 0.6) is 0 Å². The second-order valence-corrected chi connectivity index (χ2v) is 7.41. The number of hydrogen-bond acceptors (Lipinski definition) is 5. The van der Waals surface area contributed by atoms with Crippen LogP contribution in [0.3, 0.4) is 0 Å². The Balaban J connectivity index is 2.44. The first-order valence-corrected chi connectivity index (χ1v) is 8.59. The summed E-state index contributed by atoms with van der Waals surface area (Å²) < 4.78 is 0. The van der Waals surface area contributed by atoms with Gasteiger partial charge in [0.2, 0.25) is 5.91 Å². The van der Waals surface area contributed by atoms with Gasteiger partial charge in [-0.1, -0.05) is 20.8 Å². The highest BCUT2D eigenvalue weighted by Gasteiger charge is 2.18. The molecule has 0 aliphatic carbocycles. The number of aromatic nitrogens is 1. The van der Waals surface area contributed by atoms with Gasteiger partial charge in [0.05, 0.1) is 18.3 Å². The summed E-state index contributed by atoms with van der Waals surface area (Å²) in [7, 11) is 0. The molecule has 0 unspecified atom stereocenters. The molecule has 1 rings (SSSR count). The van der Waals surface area contributed by atoms with E-state index in [1.54, 1.807) is 23.1 Å². The molecule has 0 spiro atoms. The van der Waals surface area contributed by atoms with Gasteiger partial charge in [-0.05, 0) is 18.4 Å². The van der Waals surface area contributed by atoms with E-state index < -0.39 is 6.04 Å². The van der Waals surface area contributed by atoms with E-state index in [4.69, 9.17) is 5.73 Å². The standard InChI is InChI=1S/C13H23N3OS2/c1-13(2,3)10-8-19-11(16-10)7-15-12(17)9(14)5-6-18-4/h8-9H,5-7,14H2,1-4H3,(H,15,17)/t9-/m0/s1. The Kier molecular flexibility index (Phi) is 6.29. The molecule has 1 aromatic rings. The summed E-state index contributed by atoms with van der Waals surface area (Å²) in [6.07, 6.45) is 2.71. The second-order valence-electron chi connectivity index (χ2n) is 5.48. The highest BCUT2D eigenvalue weighted by Crippen LogP contribution is 2.23. The maximum Gasteiger partial charge on any atom is 0.237 e. The van der Waals surface area contributed by atoms with Gasteiger partial charge < -0.3 is 11.1 Å². The zero-order valence-electron chi connectivity index (χ0n) is 12.0. The first-order valence-electron chi connectivity index (χ1n) is 6.31. The van der Waals surface area contributed by atoms with Crippen molar-refractivity contribution in [1.82, 2.24) is 10.3 Å². The number of thiazole rings is 1. The Morgan fingerprint density at radius 3 is 2.79 bits per heavy atom. The monoisotopic (exact) mass is 301 g/mol. The fourth-order valence-electron chi connectivity index (χ4n) is 1.41. The van der Waals surface area contributed by atoms with Crippen LogP contribution in [-0.4, -0.2) is 28.9 Å². The molecule has 0 aliphatic heterocycles. The van der Waals surface area contributed by atoms with E-state index in [-0.39, 0.29) is 11.3 Å². The van der Waals surface area contributed by atoms with Crippen LogP contribution in [0, 0.1) is 0 Å². The number of nitrogens with zero attached hydrogens (tertiary/aromatic N) is 1. The van der Waals surface area contributed by atoms with E-state index in [9.17, 15) is 4.79 Å². The highest BCUT2D eigenvalue weighted by atomic mass is 32.2. The van der Waals surface area contributed by atoms with Crippen LogP contribution in [-0.2, 0) is 16.8 Å². The van der Waals surface area contributed by atoms with E-state index in [0.29, 0.717) is 13.0 Å². The van der Waals surface area contributed by atoms with Crippen molar-refractivity contribution >= 4 is 29.0 Å². The van der Waals surface area contributed by atoms with Gasteiger partial charge in [-0.3, -0.25) is 4.79 Å². The number of carbonyl (C=O) groups is 1. The third-order valence-electron chi connectivity index (χ3n) is 2.70. The normalized spacial score (nSPS) is 13.3. The summed E-state index contributed by atoms with van der Waals surface area (Å²) in [4.78, 5) is 16.3. The Morgan fingerprint density at radius 1 is 1.58 bits per heavy atom. The minimum absolute atomic E-state index is 0.0491.